The minimum atomic E-state index is -3.61. The second-order valence-corrected chi connectivity index (χ2v) is 8.17. The molecule has 0 amide bonds. The summed E-state index contributed by atoms with van der Waals surface area (Å²) in [4.78, 5) is 2.65. The molecule has 25 heavy (non-hydrogen) atoms. The fourth-order valence-corrected chi connectivity index (χ4v) is 3.71. The summed E-state index contributed by atoms with van der Waals surface area (Å²) in [6.07, 6.45) is 2.25. The number of benzene rings is 2. The van der Waals surface area contributed by atoms with Crippen molar-refractivity contribution in [3.8, 4) is 0 Å². The third kappa shape index (κ3) is 5.37. The van der Waals surface area contributed by atoms with Crippen molar-refractivity contribution >= 4 is 10.0 Å². The first kappa shape index (κ1) is 18.1. The molecule has 1 aliphatic heterocycles. The monoisotopic (exact) mass is 359 g/mol. The van der Waals surface area contributed by atoms with Crippen molar-refractivity contribution < 1.29 is 8.42 Å². The molecule has 1 aliphatic rings. The Morgan fingerprint density at radius 2 is 1.60 bits per heavy atom. The summed E-state index contributed by atoms with van der Waals surface area (Å²) in [5.74, 6) is 0. The highest BCUT2D eigenvalue weighted by Crippen LogP contribution is 2.15. The predicted molar refractivity (Wildman–Crippen MR) is 99.4 cm³/mol. The molecule has 1 heterocycles. The molecule has 2 aromatic carbocycles. The standard InChI is InChI=1S/C19H25N3O2S/c20-25(23,24)19-8-6-16(7-9-19)14-21-18-10-12-22(13-11-18)15-17-4-2-1-3-5-17/h1-9,18,21H,10-15H2,(H2,20,23,24). The summed E-state index contributed by atoms with van der Waals surface area (Å²) in [7, 11) is -3.61. The van der Waals surface area contributed by atoms with E-state index in [1.54, 1.807) is 12.1 Å². The highest BCUT2D eigenvalue weighted by molar-refractivity contribution is 7.89. The zero-order chi connectivity index (χ0) is 17.7. The quantitative estimate of drug-likeness (QED) is 0.828. The van der Waals surface area contributed by atoms with Crippen molar-refractivity contribution in [2.75, 3.05) is 13.1 Å². The van der Waals surface area contributed by atoms with Crippen LogP contribution >= 0.6 is 0 Å². The van der Waals surface area contributed by atoms with Gasteiger partial charge in [0.1, 0.15) is 0 Å². The summed E-state index contributed by atoms with van der Waals surface area (Å²) in [6, 6.07) is 17.8. The first-order valence-electron chi connectivity index (χ1n) is 8.62. The summed E-state index contributed by atoms with van der Waals surface area (Å²) in [5, 5.41) is 8.69. The minimum Gasteiger partial charge on any atom is -0.310 e. The van der Waals surface area contributed by atoms with Crippen LogP contribution in [0.3, 0.4) is 0 Å². The van der Waals surface area contributed by atoms with Crippen LogP contribution < -0.4 is 10.5 Å². The van der Waals surface area contributed by atoms with E-state index in [1.807, 2.05) is 12.1 Å². The van der Waals surface area contributed by atoms with Crippen LogP contribution in [0.1, 0.15) is 24.0 Å². The molecular weight excluding hydrogens is 334 g/mol. The number of nitrogens with one attached hydrogen (secondary N) is 1. The van der Waals surface area contributed by atoms with Gasteiger partial charge in [-0.1, -0.05) is 42.5 Å². The zero-order valence-corrected chi connectivity index (χ0v) is 15.1. The maximum absolute atomic E-state index is 11.3. The lowest BCUT2D eigenvalue weighted by atomic mass is 10.0. The molecule has 0 saturated carbocycles. The van der Waals surface area contributed by atoms with Gasteiger partial charge in [-0.2, -0.15) is 0 Å². The molecule has 0 aromatic heterocycles. The number of nitrogens with zero attached hydrogens (tertiary/aromatic N) is 1. The fraction of sp³-hybridized carbons (Fsp3) is 0.368. The van der Waals surface area contributed by atoms with Gasteiger partial charge in [0.2, 0.25) is 10.0 Å². The number of piperidine rings is 1. The minimum absolute atomic E-state index is 0.158. The normalized spacial score (nSPS) is 16.8. The molecule has 3 N–H and O–H groups in total. The van der Waals surface area contributed by atoms with E-state index in [0.717, 1.165) is 44.6 Å². The lowest BCUT2D eigenvalue weighted by Gasteiger charge is -2.32. The summed E-state index contributed by atoms with van der Waals surface area (Å²) < 4.78 is 22.5. The second kappa shape index (κ2) is 8.10. The van der Waals surface area contributed by atoms with Crippen LogP contribution in [0, 0.1) is 0 Å². The molecule has 0 spiro atoms. The molecule has 134 valence electrons. The SMILES string of the molecule is NS(=O)(=O)c1ccc(CNC2CCN(Cc3ccccc3)CC2)cc1. The number of rotatable bonds is 6. The van der Waals surface area contributed by atoms with Crippen molar-refractivity contribution in [3.05, 3.63) is 65.7 Å². The van der Waals surface area contributed by atoms with Crippen LogP contribution in [-0.2, 0) is 23.1 Å². The Labute approximate surface area is 149 Å². The van der Waals surface area contributed by atoms with Crippen LogP contribution in [0.5, 0.6) is 0 Å². The highest BCUT2D eigenvalue weighted by atomic mass is 32.2. The Hall–Kier alpha value is -1.73. The van der Waals surface area contributed by atoms with Crippen molar-refractivity contribution in [2.24, 2.45) is 5.14 Å². The third-order valence-electron chi connectivity index (χ3n) is 4.68. The molecule has 1 fully saturated rings. The van der Waals surface area contributed by atoms with Crippen LogP contribution in [0.4, 0.5) is 0 Å². The largest absolute Gasteiger partial charge is 0.310 e. The van der Waals surface area contributed by atoms with Gasteiger partial charge in [0.15, 0.2) is 0 Å². The molecule has 0 radical (unpaired) electrons. The van der Waals surface area contributed by atoms with E-state index < -0.39 is 10.0 Å². The number of nitrogens with two attached hydrogens (primary N) is 1. The molecular formula is C19H25N3O2S. The highest BCUT2D eigenvalue weighted by Gasteiger charge is 2.18. The van der Waals surface area contributed by atoms with Gasteiger partial charge in [0, 0.05) is 19.1 Å². The number of hydrogen-bond acceptors (Lipinski definition) is 4. The first-order valence-corrected chi connectivity index (χ1v) is 10.2. The Bertz CT molecular complexity index is 768. The molecule has 2 aromatic rings. The zero-order valence-electron chi connectivity index (χ0n) is 14.3. The summed E-state index contributed by atoms with van der Waals surface area (Å²) in [6.45, 7) is 3.95. The summed E-state index contributed by atoms with van der Waals surface area (Å²) in [5.41, 5.74) is 2.43. The van der Waals surface area contributed by atoms with Gasteiger partial charge >= 0.3 is 0 Å². The van der Waals surface area contributed by atoms with E-state index in [-0.39, 0.29) is 4.90 Å². The van der Waals surface area contributed by atoms with Crippen LogP contribution in [0.25, 0.3) is 0 Å². The molecule has 0 unspecified atom stereocenters. The van der Waals surface area contributed by atoms with Gasteiger partial charge in [-0.25, -0.2) is 13.6 Å². The number of primary sulfonamides is 1. The lowest BCUT2D eigenvalue weighted by Crippen LogP contribution is -2.41. The molecule has 0 aliphatic carbocycles. The van der Waals surface area contributed by atoms with Crippen LogP contribution in [-0.4, -0.2) is 32.4 Å². The van der Waals surface area contributed by atoms with Crippen molar-refractivity contribution in [2.45, 2.75) is 36.9 Å². The van der Waals surface area contributed by atoms with Crippen LogP contribution in [0.15, 0.2) is 59.5 Å². The Morgan fingerprint density at radius 3 is 2.20 bits per heavy atom. The van der Waals surface area contributed by atoms with Gasteiger partial charge in [0.05, 0.1) is 4.90 Å². The number of likely N-dealkylation sites (tertiary alicyclic amines) is 1. The Morgan fingerprint density at radius 1 is 0.960 bits per heavy atom. The molecule has 0 bridgehead atoms. The van der Waals surface area contributed by atoms with Gasteiger partial charge < -0.3 is 5.32 Å². The lowest BCUT2D eigenvalue weighted by molar-refractivity contribution is 0.190. The molecule has 1 saturated heterocycles. The third-order valence-corrected chi connectivity index (χ3v) is 5.61. The maximum Gasteiger partial charge on any atom is 0.238 e. The van der Waals surface area contributed by atoms with Gasteiger partial charge in [0.25, 0.3) is 0 Å². The molecule has 0 atom stereocenters. The predicted octanol–water partition coefficient (Wildman–Crippen LogP) is 2.09. The Balaban J connectivity index is 1.43. The van der Waals surface area contributed by atoms with Crippen molar-refractivity contribution in [1.82, 2.24) is 10.2 Å². The number of hydrogen-bond donors (Lipinski definition) is 2. The molecule has 5 nitrogen and oxygen atoms in total. The first-order chi connectivity index (χ1) is 12.0. The average molecular weight is 359 g/mol. The smallest absolute Gasteiger partial charge is 0.238 e. The van der Waals surface area contributed by atoms with E-state index in [0.29, 0.717) is 6.04 Å². The van der Waals surface area contributed by atoms with E-state index >= 15 is 0 Å². The number of sulfonamides is 1. The molecule has 6 heteroatoms. The summed E-state index contributed by atoms with van der Waals surface area (Å²) >= 11 is 0. The fourth-order valence-electron chi connectivity index (χ4n) is 3.20. The van der Waals surface area contributed by atoms with Gasteiger partial charge in [-0.3, -0.25) is 4.90 Å². The van der Waals surface area contributed by atoms with Crippen LogP contribution in [0.2, 0.25) is 0 Å². The van der Waals surface area contributed by atoms with Gasteiger partial charge in [-0.15, -0.1) is 0 Å². The molecule has 3 rings (SSSR count). The van der Waals surface area contributed by atoms with E-state index in [9.17, 15) is 8.42 Å². The maximum atomic E-state index is 11.3. The van der Waals surface area contributed by atoms with E-state index in [1.165, 1.54) is 5.56 Å². The second-order valence-electron chi connectivity index (χ2n) is 6.61. The van der Waals surface area contributed by atoms with Crippen molar-refractivity contribution in [1.29, 1.82) is 0 Å². The topological polar surface area (TPSA) is 75.4 Å². The van der Waals surface area contributed by atoms with E-state index in [2.05, 4.69) is 40.5 Å². The average Bonchev–Trinajstić information content (AvgIpc) is 2.62. The Kier molecular flexibility index (Phi) is 5.86. The van der Waals surface area contributed by atoms with Crippen molar-refractivity contribution in [3.63, 3.8) is 0 Å². The van der Waals surface area contributed by atoms with Gasteiger partial charge in [-0.05, 0) is 49.2 Å². The van der Waals surface area contributed by atoms with E-state index in [4.69, 9.17) is 5.14 Å².